The molecule has 5 nitrogen and oxygen atoms in total. The van der Waals surface area contributed by atoms with E-state index in [9.17, 15) is 4.79 Å². The smallest absolute Gasteiger partial charge is 0.267 e. The summed E-state index contributed by atoms with van der Waals surface area (Å²) in [5, 5.41) is 8.45. The average molecular weight is 346 g/mol. The average Bonchev–Trinajstić information content (AvgIpc) is 3.00. The van der Waals surface area contributed by atoms with Crippen LogP contribution in [-0.4, -0.2) is 21.9 Å². The monoisotopic (exact) mass is 346 g/mol. The van der Waals surface area contributed by atoms with E-state index in [-0.39, 0.29) is 5.91 Å². The van der Waals surface area contributed by atoms with Gasteiger partial charge in [0.1, 0.15) is 0 Å². The fourth-order valence-electron chi connectivity index (χ4n) is 2.83. The van der Waals surface area contributed by atoms with E-state index in [2.05, 4.69) is 15.6 Å². The van der Waals surface area contributed by atoms with Gasteiger partial charge in [0.05, 0.1) is 29.4 Å². The van der Waals surface area contributed by atoms with Gasteiger partial charge in [-0.15, -0.1) is 0 Å². The highest BCUT2D eigenvalue weighted by molar-refractivity contribution is 5.96. The first-order chi connectivity index (χ1) is 12.5. The SMILES string of the molecule is Cc1ccc(-n2ncc(C(=O)NN=Cc3c(C)cccc3C)c2C)cc1. The van der Waals surface area contributed by atoms with Crippen LogP contribution in [0.4, 0.5) is 0 Å². The highest BCUT2D eigenvalue weighted by Crippen LogP contribution is 2.15. The zero-order valence-corrected chi connectivity index (χ0v) is 15.4. The van der Waals surface area contributed by atoms with Gasteiger partial charge < -0.3 is 0 Å². The number of benzene rings is 2. The minimum atomic E-state index is -0.275. The van der Waals surface area contributed by atoms with E-state index in [1.807, 2.05) is 70.2 Å². The predicted molar refractivity (Wildman–Crippen MR) is 104 cm³/mol. The Bertz CT molecular complexity index is 948. The van der Waals surface area contributed by atoms with Gasteiger partial charge in [0.25, 0.3) is 5.91 Å². The van der Waals surface area contributed by atoms with Crippen molar-refractivity contribution in [3.63, 3.8) is 0 Å². The Kier molecular flexibility index (Phi) is 4.98. The lowest BCUT2D eigenvalue weighted by molar-refractivity contribution is 0.0954. The maximum absolute atomic E-state index is 12.4. The van der Waals surface area contributed by atoms with Crippen LogP contribution in [0, 0.1) is 27.7 Å². The van der Waals surface area contributed by atoms with Crippen molar-refractivity contribution < 1.29 is 4.79 Å². The fraction of sp³-hybridized carbons (Fsp3) is 0.190. The Labute approximate surface area is 153 Å². The van der Waals surface area contributed by atoms with Crippen LogP contribution in [0.2, 0.25) is 0 Å². The van der Waals surface area contributed by atoms with Gasteiger partial charge in [0, 0.05) is 5.56 Å². The number of hydrazone groups is 1. The van der Waals surface area contributed by atoms with Crippen LogP contribution in [0.15, 0.2) is 53.8 Å². The third-order valence-electron chi connectivity index (χ3n) is 4.43. The molecule has 1 N–H and O–H groups in total. The number of aryl methyl sites for hydroxylation is 3. The number of nitrogens with one attached hydrogen (secondary N) is 1. The summed E-state index contributed by atoms with van der Waals surface area (Å²) in [4.78, 5) is 12.4. The van der Waals surface area contributed by atoms with Crippen LogP contribution in [0.25, 0.3) is 5.69 Å². The first kappa shape index (κ1) is 17.6. The molecule has 0 aliphatic heterocycles. The Morgan fingerprint density at radius 1 is 1.04 bits per heavy atom. The molecule has 0 aliphatic carbocycles. The van der Waals surface area contributed by atoms with Crippen LogP contribution >= 0.6 is 0 Å². The molecule has 0 fully saturated rings. The number of carbonyl (C=O) groups is 1. The summed E-state index contributed by atoms with van der Waals surface area (Å²) in [6.07, 6.45) is 3.25. The lowest BCUT2D eigenvalue weighted by Crippen LogP contribution is -2.18. The minimum absolute atomic E-state index is 0.275. The Balaban J connectivity index is 1.77. The molecule has 3 rings (SSSR count). The van der Waals surface area contributed by atoms with Crippen molar-refractivity contribution >= 4 is 12.1 Å². The maximum Gasteiger partial charge on any atom is 0.274 e. The van der Waals surface area contributed by atoms with Gasteiger partial charge in [0.15, 0.2) is 0 Å². The molecule has 5 heteroatoms. The largest absolute Gasteiger partial charge is 0.274 e. The Hall–Kier alpha value is -3.21. The quantitative estimate of drug-likeness (QED) is 0.576. The molecule has 0 spiro atoms. The van der Waals surface area contributed by atoms with E-state index in [1.165, 1.54) is 5.56 Å². The normalized spacial score (nSPS) is 11.1. The third-order valence-corrected chi connectivity index (χ3v) is 4.43. The summed E-state index contributed by atoms with van der Waals surface area (Å²) in [7, 11) is 0. The van der Waals surface area contributed by atoms with Crippen molar-refractivity contribution in [3.8, 4) is 5.69 Å². The summed E-state index contributed by atoms with van der Waals surface area (Å²) in [5.74, 6) is -0.275. The Morgan fingerprint density at radius 2 is 1.69 bits per heavy atom. The fourth-order valence-corrected chi connectivity index (χ4v) is 2.83. The lowest BCUT2D eigenvalue weighted by Gasteiger charge is -2.06. The number of aromatic nitrogens is 2. The summed E-state index contributed by atoms with van der Waals surface area (Å²) in [5.41, 5.74) is 9.22. The van der Waals surface area contributed by atoms with Gasteiger partial charge in [-0.1, -0.05) is 35.9 Å². The summed E-state index contributed by atoms with van der Waals surface area (Å²) >= 11 is 0. The van der Waals surface area contributed by atoms with Gasteiger partial charge >= 0.3 is 0 Å². The van der Waals surface area contributed by atoms with E-state index in [0.29, 0.717) is 5.56 Å². The van der Waals surface area contributed by atoms with Crippen LogP contribution in [0.1, 0.15) is 38.3 Å². The highest BCUT2D eigenvalue weighted by Gasteiger charge is 2.14. The predicted octanol–water partition coefficient (Wildman–Crippen LogP) is 3.87. The first-order valence-corrected chi connectivity index (χ1v) is 8.48. The zero-order valence-electron chi connectivity index (χ0n) is 15.4. The second-order valence-corrected chi connectivity index (χ2v) is 6.40. The standard InChI is InChI=1S/C21H22N4O/c1-14-8-10-18(11-9-14)25-17(4)20(13-23-25)21(26)24-22-12-19-15(2)6-5-7-16(19)3/h5-13H,1-4H3,(H,24,26). The van der Waals surface area contributed by atoms with Gasteiger partial charge in [-0.05, 0) is 51.0 Å². The summed E-state index contributed by atoms with van der Waals surface area (Å²) in [6.45, 7) is 7.95. The maximum atomic E-state index is 12.4. The molecule has 0 unspecified atom stereocenters. The molecule has 26 heavy (non-hydrogen) atoms. The minimum Gasteiger partial charge on any atom is -0.267 e. The molecule has 0 radical (unpaired) electrons. The van der Waals surface area contributed by atoms with Gasteiger partial charge in [0.2, 0.25) is 0 Å². The molecule has 0 aliphatic rings. The molecule has 0 bridgehead atoms. The van der Waals surface area contributed by atoms with Crippen LogP contribution in [-0.2, 0) is 0 Å². The zero-order chi connectivity index (χ0) is 18.7. The van der Waals surface area contributed by atoms with E-state index in [0.717, 1.165) is 28.1 Å². The van der Waals surface area contributed by atoms with Gasteiger partial charge in [-0.2, -0.15) is 10.2 Å². The van der Waals surface area contributed by atoms with Crippen molar-refractivity contribution in [2.75, 3.05) is 0 Å². The van der Waals surface area contributed by atoms with Gasteiger partial charge in [-0.25, -0.2) is 10.1 Å². The molecule has 0 atom stereocenters. The number of rotatable bonds is 4. The van der Waals surface area contributed by atoms with E-state index >= 15 is 0 Å². The van der Waals surface area contributed by atoms with E-state index < -0.39 is 0 Å². The van der Waals surface area contributed by atoms with Crippen molar-refractivity contribution in [1.29, 1.82) is 0 Å². The van der Waals surface area contributed by atoms with Crippen LogP contribution in [0.3, 0.4) is 0 Å². The van der Waals surface area contributed by atoms with Crippen LogP contribution < -0.4 is 5.43 Å². The Morgan fingerprint density at radius 3 is 2.35 bits per heavy atom. The lowest BCUT2D eigenvalue weighted by atomic mass is 10.0. The second-order valence-electron chi connectivity index (χ2n) is 6.40. The summed E-state index contributed by atoms with van der Waals surface area (Å²) < 4.78 is 1.75. The van der Waals surface area contributed by atoms with Crippen molar-refractivity contribution in [1.82, 2.24) is 15.2 Å². The van der Waals surface area contributed by atoms with Crippen LogP contribution in [0.5, 0.6) is 0 Å². The second kappa shape index (κ2) is 7.35. The molecule has 0 saturated carbocycles. The molecule has 1 amide bonds. The molecule has 3 aromatic rings. The number of hydrogen-bond donors (Lipinski definition) is 1. The number of carbonyl (C=O) groups excluding carboxylic acids is 1. The van der Waals surface area contributed by atoms with Crippen molar-refractivity contribution in [3.05, 3.63) is 82.2 Å². The molecule has 0 saturated heterocycles. The molecule has 132 valence electrons. The molecule has 1 heterocycles. The molecular weight excluding hydrogens is 324 g/mol. The third kappa shape index (κ3) is 3.57. The number of amides is 1. The van der Waals surface area contributed by atoms with Gasteiger partial charge in [-0.3, -0.25) is 4.79 Å². The van der Waals surface area contributed by atoms with Crippen molar-refractivity contribution in [2.45, 2.75) is 27.7 Å². The van der Waals surface area contributed by atoms with E-state index in [4.69, 9.17) is 0 Å². The molecule has 1 aromatic heterocycles. The number of nitrogens with zero attached hydrogens (tertiary/aromatic N) is 3. The topological polar surface area (TPSA) is 59.3 Å². The van der Waals surface area contributed by atoms with Crippen molar-refractivity contribution in [2.24, 2.45) is 5.10 Å². The first-order valence-electron chi connectivity index (χ1n) is 8.48. The highest BCUT2D eigenvalue weighted by atomic mass is 16.2. The number of hydrogen-bond acceptors (Lipinski definition) is 3. The molecular formula is C21H22N4O. The molecule has 2 aromatic carbocycles. The van der Waals surface area contributed by atoms with E-state index in [1.54, 1.807) is 17.1 Å². The summed E-state index contributed by atoms with van der Waals surface area (Å²) in [6, 6.07) is 14.0.